The molecule has 20 heavy (non-hydrogen) atoms. The highest BCUT2D eigenvalue weighted by atomic mass is 32.1. The number of aromatic nitrogens is 1. The van der Waals surface area contributed by atoms with Crippen molar-refractivity contribution in [2.24, 2.45) is 0 Å². The highest BCUT2D eigenvalue weighted by Crippen LogP contribution is 2.37. The van der Waals surface area contributed by atoms with Gasteiger partial charge in [0.2, 0.25) is 0 Å². The molecule has 0 atom stereocenters. The Labute approximate surface area is 124 Å². The van der Waals surface area contributed by atoms with Crippen molar-refractivity contribution in [3.63, 3.8) is 0 Å². The van der Waals surface area contributed by atoms with E-state index in [-0.39, 0.29) is 0 Å². The fraction of sp³-hybridized carbons (Fsp3) is 0.375. The van der Waals surface area contributed by atoms with Gasteiger partial charge in [-0.3, -0.25) is 0 Å². The minimum absolute atomic E-state index is 0.491. The SMILES string of the molecule is CNc1ccc(C(C)(C)C#N)cc1-c1sc(C)nc1C. The first-order valence-electron chi connectivity index (χ1n) is 6.57. The molecule has 2 aromatic rings. The molecular weight excluding hydrogens is 266 g/mol. The number of benzene rings is 1. The largest absolute Gasteiger partial charge is 0.388 e. The lowest BCUT2D eigenvalue weighted by molar-refractivity contribution is 0.687. The van der Waals surface area contributed by atoms with Gasteiger partial charge in [-0.05, 0) is 45.4 Å². The average molecular weight is 285 g/mol. The van der Waals surface area contributed by atoms with E-state index in [1.54, 1.807) is 11.3 Å². The Morgan fingerprint density at radius 3 is 2.50 bits per heavy atom. The van der Waals surface area contributed by atoms with E-state index in [1.807, 2.05) is 46.9 Å². The highest BCUT2D eigenvalue weighted by Gasteiger charge is 2.22. The van der Waals surface area contributed by atoms with Gasteiger partial charge < -0.3 is 5.32 Å². The van der Waals surface area contributed by atoms with Crippen molar-refractivity contribution in [2.45, 2.75) is 33.1 Å². The van der Waals surface area contributed by atoms with Gasteiger partial charge >= 0.3 is 0 Å². The van der Waals surface area contributed by atoms with E-state index in [0.29, 0.717) is 0 Å². The van der Waals surface area contributed by atoms with E-state index < -0.39 is 5.41 Å². The van der Waals surface area contributed by atoms with E-state index >= 15 is 0 Å². The molecule has 104 valence electrons. The molecule has 1 heterocycles. The smallest absolute Gasteiger partial charge is 0.0903 e. The van der Waals surface area contributed by atoms with E-state index in [2.05, 4.69) is 22.4 Å². The highest BCUT2D eigenvalue weighted by molar-refractivity contribution is 7.15. The van der Waals surface area contributed by atoms with Crippen LogP contribution in [0.1, 0.15) is 30.1 Å². The molecule has 2 rings (SSSR count). The van der Waals surface area contributed by atoms with Crippen LogP contribution in [-0.4, -0.2) is 12.0 Å². The molecule has 0 fully saturated rings. The van der Waals surface area contributed by atoms with Crippen LogP contribution < -0.4 is 5.32 Å². The summed E-state index contributed by atoms with van der Waals surface area (Å²) >= 11 is 1.69. The van der Waals surface area contributed by atoms with Gasteiger partial charge in [-0.1, -0.05) is 6.07 Å². The van der Waals surface area contributed by atoms with E-state index in [9.17, 15) is 5.26 Å². The van der Waals surface area contributed by atoms with Crippen molar-refractivity contribution < 1.29 is 0 Å². The van der Waals surface area contributed by atoms with Crippen molar-refractivity contribution in [3.8, 4) is 16.5 Å². The van der Waals surface area contributed by atoms with E-state index in [4.69, 9.17) is 0 Å². The van der Waals surface area contributed by atoms with Gasteiger partial charge in [-0.2, -0.15) is 5.26 Å². The molecule has 3 nitrogen and oxygen atoms in total. The third kappa shape index (κ3) is 2.54. The van der Waals surface area contributed by atoms with Crippen molar-refractivity contribution >= 4 is 17.0 Å². The number of anilines is 1. The quantitative estimate of drug-likeness (QED) is 0.916. The van der Waals surface area contributed by atoms with Crippen LogP contribution in [0.25, 0.3) is 10.4 Å². The predicted octanol–water partition coefficient (Wildman–Crippen LogP) is 4.27. The number of aryl methyl sites for hydroxylation is 2. The van der Waals surface area contributed by atoms with Crippen LogP contribution in [-0.2, 0) is 5.41 Å². The summed E-state index contributed by atoms with van der Waals surface area (Å²) in [6.07, 6.45) is 0. The lowest BCUT2D eigenvalue weighted by Crippen LogP contribution is -2.14. The summed E-state index contributed by atoms with van der Waals surface area (Å²) in [5.41, 5.74) is 3.76. The summed E-state index contributed by atoms with van der Waals surface area (Å²) < 4.78 is 0. The molecule has 0 unspecified atom stereocenters. The van der Waals surface area contributed by atoms with Gasteiger partial charge in [0.15, 0.2) is 0 Å². The normalized spacial score (nSPS) is 11.2. The minimum Gasteiger partial charge on any atom is -0.388 e. The molecule has 1 N–H and O–H groups in total. The lowest BCUT2D eigenvalue weighted by Gasteiger charge is -2.18. The van der Waals surface area contributed by atoms with Gasteiger partial charge in [0.05, 0.1) is 27.1 Å². The first-order valence-corrected chi connectivity index (χ1v) is 7.38. The monoisotopic (exact) mass is 285 g/mol. The zero-order chi connectivity index (χ0) is 14.9. The van der Waals surface area contributed by atoms with Gasteiger partial charge in [0.25, 0.3) is 0 Å². The Balaban J connectivity index is 2.65. The Hall–Kier alpha value is -1.86. The number of rotatable bonds is 3. The van der Waals surface area contributed by atoms with Gasteiger partial charge in [0, 0.05) is 18.3 Å². The minimum atomic E-state index is -0.491. The standard InChI is InChI=1S/C16H19N3S/c1-10-15(20-11(2)19-10)13-8-12(16(3,4)9-17)6-7-14(13)18-5/h6-8,18H,1-5H3. The summed E-state index contributed by atoms with van der Waals surface area (Å²) in [7, 11) is 1.91. The molecule has 0 amide bonds. The van der Waals surface area contributed by atoms with Gasteiger partial charge in [-0.15, -0.1) is 11.3 Å². The zero-order valence-electron chi connectivity index (χ0n) is 12.5. The Bertz CT molecular complexity index is 678. The van der Waals surface area contributed by atoms with Crippen LogP contribution in [0.3, 0.4) is 0 Å². The maximum atomic E-state index is 9.32. The Kier molecular flexibility index (Phi) is 3.82. The molecule has 0 bridgehead atoms. The Morgan fingerprint density at radius 2 is 2.00 bits per heavy atom. The second-order valence-corrected chi connectivity index (χ2v) is 6.60. The van der Waals surface area contributed by atoms with Crippen LogP contribution in [0.2, 0.25) is 0 Å². The molecule has 0 aliphatic rings. The first kappa shape index (κ1) is 14.5. The molecule has 0 saturated heterocycles. The number of nitriles is 1. The summed E-state index contributed by atoms with van der Waals surface area (Å²) in [4.78, 5) is 5.67. The van der Waals surface area contributed by atoms with Crippen LogP contribution in [0.5, 0.6) is 0 Å². The summed E-state index contributed by atoms with van der Waals surface area (Å²) in [5.74, 6) is 0. The lowest BCUT2D eigenvalue weighted by atomic mass is 9.85. The number of hydrogen-bond acceptors (Lipinski definition) is 4. The average Bonchev–Trinajstić information content (AvgIpc) is 2.76. The molecule has 1 aromatic carbocycles. The van der Waals surface area contributed by atoms with Crippen molar-refractivity contribution in [1.82, 2.24) is 4.98 Å². The fourth-order valence-electron chi connectivity index (χ4n) is 2.18. The van der Waals surface area contributed by atoms with Crippen LogP contribution in [0, 0.1) is 25.2 Å². The third-order valence-corrected chi connectivity index (χ3v) is 4.54. The van der Waals surface area contributed by atoms with Gasteiger partial charge in [0.1, 0.15) is 0 Å². The number of thiazole rings is 1. The number of nitrogens with zero attached hydrogens (tertiary/aromatic N) is 2. The van der Waals surface area contributed by atoms with Crippen molar-refractivity contribution in [2.75, 3.05) is 12.4 Å². The Morgan fingerprint density at radius 1 is 1.30 bits per heavy atom. The summed E-state index contributed by atoms with van der Waals surface area (Å²) in [6.45, 7) is 7.93. The van der Waals surface area contributed by atoms with Crippen molar-refractivity contribution in [1.29, 1.82) is 5.26 Å². The molecular formula is C16H19N3S. The number of nitrogens with one attached hydrogen (secondary N) is 1. The predicted molar refractivity (Wildman–Crippen MR) is 85.2 cm³/mol. The second kappa shape index (κ2) is 5.26. The molecule has 0 saturated carbocycles. The molecule has 0 spiro atoms. The molecule has 0 aliphatic carbocycles. The van der Waals surface area contributed by atoms with Crippen LogP contribution in [0.15, 0.2) is 18.2 Å². The number of hydrogen-bond donors (Lipinski definition) is 1. The maximum Gasteiger partial charge on any atom is 0.0903 e. The maximum absolute atomic E-state index is 9.32. The van der Waals surface area contributed by atoms with Gasteiger partial charge in [-0.25, -0.2) is 4.98 Å². The van der Waals surface area contributed by atoms with E-state index in [0.717, 1.165) is 27.5 Å². The van der Waals surface area contributed by atoms with Crippen LogP contribution >= 0.6 is 11.3 Å². The summed E-state index contributed by atoms with van der Waals surface area (Å²) in [5, 5.41) is 13.6. The summed E-state index contributed by atoms with van der Waals surface area (Å²) in [6, 6.07) is 8.52. The molecule has 1 aromatic heterocycles. The second-order valence-electron chi connectivity index (χ2n) is 5.39. The van der Waals surface area contributed by atoms with Crippen molar-refractivity contribution in [3.05, 3.63) is 34.5 Å². The molecule has 0 radical (unpaired) electrons. The first-order chi connectivity index (χ1) is 9.39. The third-order valence-electron chi connectivity index (χ3n) is 3.44. The van der Waals surface area contributed by atoms with E-state index in [1.165, 1.54) is 4.88 Å². The molecule has 0 aliphatic heterocycles. The molecule has 4 heteroatoms. The fourth-order valence-corrected chi connectivity index (χ4v) is 3.13. The zero-order valence-corrected chi connectivity index (χ0v) is 13.4. The van der Waals surface area contributed by atoms with Crippen LogP contribution in [0.4, 0.5) is 5.69 Å². The topological polar surface area (TPSA) is 48.7 Å².